The number of thiazole rings is 1. The van der Waals surface area contributed by atoms with Crippen LogP contribution in [0, 0.1) is 0 Å². The van der Waals surface area contributed by atoms with Crippen molar-refractivity contribution in [1.29, 1.82) is 0 Å². The number of hydrogen-bond acceptors (Lipinski definition) is 9. The van der Waals surface area contributed by atoms with Crippen molar-refractivity contribution in [3.05, 3.63) is 34.8 Å². The molecule has 10 heteroatoms. The van der Waals surface area contributed by atoms with Gasteiger partial charge in [0.1, 0.15) is 5.82 Å². The fourth-order valence-corrected chi connectivity index (χ4v) is 4.42. The van der Waals surface area contributed by atoms with Crippen molar-refractivity contribution < 1.29 is 0 Å². The first-order chi connectivity index (χ1) is 11.7. The number of amidine groups is 2. The van der Waals surface area contributed by atoms with Crippen LogP contribution in [0.5, 0.6) is 0 Å². The van der Waals surface area contributed by atoms with Crippen LogP contribution in [-0.2, 0) is 12.8 Å². The maximum Gasteiger partial charge on any atom is 0.154 e. The number of nitrogens with one attached hydrogen (secondary N) is 1. The van der Waals surface area contributed by atoms with Gasteiger partial charge in [0, 0.05) is 42.1 Å². The number of thioether (sulfide) groups is 2. The van der Waals surface area contributed by atoms with Gasteiger partial charge in [-0.05, 0) is 0 Å². The molecular formula is C14H19N7S3. The highest BCUT2D eigenvalue weighted by Gasteiger charge is 2.17. The molecule has 0 radical (unpaired) electrons. The van der Waals surface area contributed by atoms with Gasteiger partial charge in [0.15, 0.2) is 10.3 Å². The Morgan fingerprint density at radius 2 is 1.75 bits per heavy atom. The summed E-state index contributed by atoms with van der Waals surface area (Å²) in [4.78, 5) is 19.9. The van der Waals surface area contributed by atoms with Crippen molar-refractivity contribution in [2.45, 2.75) is 24.9 Å². The molecule has 24 heavy (non-hydrogen) atoms. The normalized spacial score (nSPS) is 22.7. The van der Waals surface area contributed by atoms with E-state index >= 15 is 0 Å². The van der Waals surface area contributed by atoms with Gasteiger partial charge >= 0.3 is 0 Å². The Hall–Kier alpha value is -1.52. The molecule has 2 atom stereocenters. The lowest BCUT2D eigenvalue weighted by Crippen LogP contribution is -2.09. The summed E-state index contributed by atoms with van der Waals surface area (Å²) < 4.78 is 0. The molecular weight excluding hydrogens is 362 g/mol. The van der Waals surface area contributed by atoms with Gasteiger partial charge in [-0.2, -0.15) is 0 Å². The van der Waals surface area contributed by atoms with Gasteiger partial charge in [0.2, 0.25) is 0 Å². The summed E-state index contributed by atoms with van der Waals surface area (Å²) in [5.74, 6) is 2.97. The van der Waals surface area contributed by atoms with Crippen molar-refractivity contribution in [3.63, 3.8) is 0 Å². The van der Waals surface area contributed by atoms with Gasteiger partial charge in [0.25, 0.3) is 0 Å². The van der Waals surface area contributed by atoms with E-state index in [0.29, 0.717) is 17.3 Å². The summed E-state index contributed by atoms with van der Waals surface area (Å²) in [6.07, 6.45) is 5.37. The lowest BCUT2D eigenvalue weighted by molar-refractivity contribution is 0.730. The zero-order valence-electron chi connectivity index (χ0n) is 13.0. The lowest BCUT2D eigenvalue weighted by atomic mass is 10.2. The molecule has 2 aliphatic rings. The molecule has 0 saturated carbocycles. The van der Waals surface area contributed by atoms with E-state index in [9.17, 15) is 0 Å². The molecule has 2 aromatic heterocycles. The highest BCUT2D eigenvalue weighted by Crippen LogP contribution is 2.18. The van der Waals surface area contributed by atoms with Crippen molar-refractivity contribution in [1.82, 2.24) is 15.0 Å². The largest absolute Gasteiger partial charge is 0.379 e. The summed E-state index contributed by atoms with van der Waals surface area (Å²) in [5.41, 5.74) is 14.1. The molecule has 2 aliphatic heterocycles. The van der Waals surface area contributed by atoms with Crippen LogP contribution in [0.1, 0.15) is 11.5 Å². The predicted molar refractivity (Wildman–Crippen MR) is 104 cm³/mol. The SMILES string of the molecule is NC1=NC(Cc2cscn2)CS1.NC1=NC(Cc2ncc[nH]2)CS1. The number of imidazole rings is 1. The summed E-state index contributed by atoms with van der Waals surface area (Å²) >= 11 is 4.87. The van der Waals surface area contributed by atoms with Gasteiger partial charge in [-0.15, -0.1) is 11.3 Å². The molecule has 4 heterocycles. The smallest absolute Gasteiger partial charge is 0.154 e. The number of aliphatic imine (C=N–C) groups is 2. The molecule has 7 nitrogen and oxygen atoms in total. The minimum atomic E-state index is 0.307. The molecule has 2 unspecified atom stereocenters. The third kappa shape index (κ3) is 5.25. The number of nitrogens with two attached hydrogens (primary N) is 2. The highest BCUT2D eigenvalue weighted by molar-refractivity contribution is 8.14. The van der Waals surface area contributed by atoms with Gasteiger partial charge < -0.3 is 16.5 Å². The zero-order valence-corrected chi connectivity index (χ0v) is 15.4. The van der Waals surface area contributed by atoms with Crippen LogP contribution in [0.3, 0.4) is 0 Å². The molecule has 4 rings (SSSR count). The van der Waals surface area contributed by atoms with Gasteiger partial charge in [-0.3, -0.25) is 9.98 Å². The van der Waals surface area contributed by atoms with Crippen molar-refractivity contribution in [2.75, 3.05) is 11.5 Å². The third-order valence-corrected chi connectivity index (χ3v) is 5.92. The number of aromatic amines is 1. The van der Waals surface area contributed by atoms with Gasteiger partial charge in [-0.1, -0.05) is 23.5 Å². The first-order valence-corrected chi connectivity index (χ1v) is 10.4. The van der Waals surface area contributed by atoms with Crippen molar-refractivity contribution in [3.8, 4) is 0 Å². The van der Waals surface area contributed by atoms with Crippen LogP contribution in [0.15, 0.2) is 33.3 Å². The van der Waals surface area contributed by atoms with E-state index in [1.807, 2.05) is 11.7 Å². The average molecular weight is 382 g/mol. The number of H-pyrrole nitrogens is 1. The Bertz CT molecular complexity index is 621. The van der Waals surface area contributed by atoms with Gasteiger partial charge in [-0.25, -0.2) is 9.97 Å². The van der Waals surface area contributed by atoms with Crippen LogP contribution >= 0.6 is 34.9 Å². The first-order valence-electron chi connectivity index (χ1n) is 7.46. The second-order valence-electron chi connectivity index (χ2n) is 5.29. The molecule has 0 saturated heterocycles. The topological polar surface area (TPSA) is 118 Å². The fraction of sp³-hybridized carbons (Fsp3) is 0.429. The van der Waals surface area contributed by atoms with Crippen LogP contribution in [0.2, 0.25) is 0 Å². The number of rotatable bonds is 4. The predicted octanol–water partition coefficient (Wildman–Crippen LogP) is 1.50. The van der Waals surface area contributed by atoms with E-state index in [1.165, 1.54) is 0 Å². The summed E-state index contributed by atoms with van der Waals surface area (Å²) in [7, 11) is 0. The monoisotopic (exact) mass is 381 g/mol. The van der Waals surface area contributed by atoms with E-state index in [-0.39, 0.29) is 0 Å². The minimum Gasteiger partial charge on any atom is -0.379 e. The molecule has 128 valence electrons. The van der Waals surface area contributed by atoms with E-state index < -0.39 is 0 Å². The Labute approximate surface area is 152 Å². The summed E-state index contributed by atoms with van der Waals surface area (Å²) in [5, 5.41) is 3.48. The van der Waals surface area contributed by atoms with Crippen LogP contribution in [0.25, 0.3) is 0 Å². The fourth-order valence-electron chi connectivity index (χ4n) is 2.29. The van der Waals surface area contributed by atoms with Gasteiger partial charge in [0.05, 0.1) is 23.3 Å². The molecule has 5 N–H and O–H groups in total. The molecule has 0 aromatic carbocycles. The van der Waals surface area contributed by atoms with E-state index in [1.54, 1.807) is 41.1 Å². The zero-order chi connectivity index (χ0) is 16.8. The van der Waals surface area contributed by atoms with Crippen LogP contribution in [-0.4, -0.2) is 48.9 Å². The molecule has 2 aromatic rings. The minimum absolute atomic E-state index is 0.307. The molecule has 0 fully saturated rings. The Kier molecular flexibility index (Phi) is 6.16. The molecule has 0 aliphatic carbocycles. The molecule has 0 amide bonds. The second kappa shape index (κ2) is 8.54. The summed E-state index contributed by atoms with van der Waals surface area (Å²) in [6.45, 7) is 0. The Balaban J connectivity index is 0.000000141. The summed E-state index contributed by atoms with van der Waals surface area (Å²) in [6, 6.07) is 0.651. The van der Waals surface area contributed by atoms with E-state index in [4.69, 9.17) is 11.5 Å². The standard InChI is InChI=1S/C7H10N4S.C7H9N3S2/c8-7-11-5(4-12-7)3-6-9-1-2-10-6;8-7-10-6(3-12-7)1-5-2-11-4-9-5/h1-2,5H,3-4H2,(H2,8,11)(H,9,10);2,4,6H,1,3H2,(H2,8,10). The Morgan fingerprint density at radius 1 is 1.04 bits per heavy atom. The average Bonchev–Trinajstić information content (AvgIpc) is 3.31. The Morgan fingerprint density at radius 3 is 2.25 bits per heavy atom. The molecule has 0 spiro atoms. The highest BCUT2D eigenvalue weighted by atomic mass is 32.2. The van der Waals surface area contributed by atoms with E-state index in [2.05, 4.69) is 30.3 Å². The maximum absolute atomic E-state index is 5.55. The van der Waals surface area contributed by atoms with Crippen LogP contribution in [0.4, 0.5) is 0 Å². The molecule has 0 bridgehead atoms. The van der Waals surface area contributed by atoms with E-state index in [0.717, 1.165) is 41.0 Å². The van der Waals surface area contributed by atoms with Crippen molar-refractivity contribution >= 4 is 45.2 Å². The quantitative estimate of drug-likeness (QED) is 0.738. The first kappa shape index (κ1) is 17.3. The third-order valence-electron chi connectivity index (χ3n) is 3.38. The maximum atomic E-state index is 5.55. The number of nitrogens with zero attached hydrogens (tertiary/aromatic N) is 4. The second-order valence-corrected chi connectivity index (χ2v) is 8.09. The number of hydrogen-bond donors (Lipinski definition) is 3. The van der Waals surface area contributed by atoms with Crippen molar-refractivity contribution in [2.24, 2.45) is 21.5 Å². The number of aromatic nitrogens is 3. The lowest BCUT2D eigenvalue weighted by Gasteiger charge is -2.00. The van der Waals surface area contributed by atoms with Crippen LogP contribution < -0.4 is 11.5 Å².